The van der Waals surface area contributed by atoms with Gasteiger partial charge in [-0.15, -0.1) is 0 Å². The molecule has 0 saturated heterocycles. The summed E-state index contributed by atoms with van der Waals surface area (Å²) >= 11 is 0. The molecule has 2 rings (SSSR count). The van der Waals surface area contributed by atoms with E-state index in [-0.39, 0.29) is 17.7 Å². The SMILES string of the molecule is NC1(C(=O)NCCNC(=O)C2CC2)CCCCC1. The van der Waals surface area contributed by atoms with Crippen LogP contribution in [0.1, 0.15) is 44.9 Å². The molecule has 0 aliphatic heterocycles. The van der Waals surface area contributed by atoms with Crippen LogP contribution in [0.25, 0.3) is 0 Å². The van der Waals surface area contributed by atoms with E-state index in [4.69, 9.17) is 5.73 Å². The van der Waals surface area contributed by atoms with Gasteiger partial charge >= 0.3 is 0 Å². The average Bonchev–Trinajstić information content (AvgIpc) is 3.19. The third-order valence-electron chi connectivity index (χ3n) is 3.86. The fraction of sp³-hybridized carbons (Fsp3) is 0.846. The standard InChI is InChI=1S/C13H23N3O2/c14-13(6-2-1-3-7-13)12(18)16-9-8-15-11(17)10-4-5-10/h10H,1-9,14H2,(H,15,17)(H,16,18). The first-order valence-electron chi connectivity index (χ1n) is 6.97. The van der Waals surface area contributed by atoms with E-state index in [2.05, 4.69) is 10.6 Å². The molecule has 0 spiro atoms. The van der Waals surface area contributed by atoms with Crippen molar-refractivity contribution in [3.8, 4) is 0 Å². The predicted octanol–water partition coefficient (Wildman–Crippen LogP) is 0.290. The summed E-state index contributed by atoms with van der Waals surface area (Å²) in [6, 6.07) is 0. The van der Waals surface area contributed by atoms with E-state index >= 15 is 0 Å². The number of carbonyl (C=O) groups excluding carboxylic acids is 2. The molecule has 2 amide bonds. The monoisotopic (exact) mass is 253 g/mol. The minimum atomic E-state index is -0.682. The Morgan fingerprint density at radius 2 is 1.67 bits per heavy atom. The summed E-state index contributed by atoms with van der Waals surface area (Å²) in [6.45, 7) is 0.966. The van der Waals surface area contributed by atoms with Crippen LogP contribution in [0.15, 0.2) is 0 Å². The molecular weight excluding hydrogens is 230 g/mol. The highest BCUT2D eigenvalue weighted by Gasteiger charge is 2.35. The Labute approximate surface area is 108 Å². The van der Waals surface area contributed by atoms with Gasteiger partial charge in [0, 0.05) is 19.0 Å². The Morgan fingerprint density at radius 1 is 1.06 bits per heavy atom. The fourth-order valence-corrected chi connectivity index (χ4v) is 2.44. The van der Waals surface area contributed by atoms with Gasteiger partial charge in [0.05, 0.1) is 5.54 Å². The van der Waals surface area contributed by atoms with Gasteiger partial charge in [0.25, 0.3) is 0 Å². The molecule has 0 atom stereocenters. The van der Waals surface area contributed by atoms with Crippen LogP contribution >= 0.6 is 0 Å². The zero-order valence-electron chi connectivity index (χ0n) is 10.8. The largest absolute Gasteiger partial charge is 0.354 e. The first-order chi connectivity index (χ1) is 8.62. The Bertz CT molecular complexity index is 320. The zero-order chi connectivity index (χ0) is 13.0. The first-order valence-corrected chi connectivity index (χ1v) is 6.97. The van der Waals surface area contributed by atoms with Crippen molar-refractivity contribution in [2.24, 2.45) is 11.7 Å². The van der Waals surface area contributed by atoms with Crippen molar-refractivity contribution in [1.29, 1.82) is 0 Å². The molecule has 0 aromatic rings. The topological polar surface area (TPSA) is 84.2 Å². The normalized spacial score (nSPS) is 22.3. The predicted molar refractivity (Wildman–Crippen MR) is 68.7 cm³/mol. The highest BCUT2D eigenvalue weighted by Crippen LogP contribution is 2.28. The van der Waals surface area contributed by atoms with E-state index < -0.39 is 5.54 Å². The number of hydrogen-bond acceptors (Lipinski definition) is 3. The van der Waals surface area contributed by atoms with Crippen LogP contribution in [0.2, 0.25) is 0 Å². The molecule has 0 unspecified atom stereocenters. The van der Waals surface area contributed by atoms with Crippen molar-refractivity contribution >= 4 is 11.8 Å². The molecule has 4 N–H and O–H groups in total. The molecule has 102 valence electrons. The Balaban J connectivity index is 1.63. The maximum absolute atomic E-state index is 12.0. The van der Waals surface area contributed by atoms with Crippen molar-refractivity contribution in [1.82, 2.24) is 10.6 Å². The summed E-state index contributed by atoms with van der Waals surface area (Å²) in [4.78, 5) is 23.3. The van der Waals surface area contributed by atoms with Crippen LogP contribution in [-0.2, 0) is 9.59 Å². The summed E-state index contributed by atoms with van der Waals surface area (Å²) < 4.78 is 0. The van der Waals surface area contributed by atoms with Gasteiger partial charge in [-0.1, -0.05) is 19.3 Å². The van der Waals surface area contributed by atoms with Gasteiger partial charge in [-0.25, -0.2) is 0 Å². The van der Waals surface area contributed by atoms with E-state index in [1.807, 2.05) is 0 Å². The molecular formula is C13H23N3O2. The smallest absolute Gasteiger partial charge is 0.240 e. The van der Waals surface area contributed by atoms with Gasteiger partial charge in [-0.2, -0.15) is 0 Å². The molecule has 0 heterocycles. The number of rotatable bonds is 5. The van der Waals surface area contributed by atoms with E-state index in [1.165, 1.54) is 6.42 Å². The lowest BCUT2D eigenvalue weighted by Crippen LogP contribution is -2.55. The third kappa shape index (κ3) is 3.45. The highest BCUT2D eigenvalue weighted by atomic mass is 16.2. The Kier molecular flexibility index (Phi) is 4.22. The van der Waals surface area contributed by atoms with Crippen molar-refractivity contribution in [2.75, 3.05) is 13.1 Å². The van der Waals surface area contributed by atoms with Gasteiger partial charge in [0.1, 0.15) is 0 Å². The lowest BCUT2D eigenvalue weighted by atomic mass is 9.82. The second-order valence-corrected chi connectivity index (χ2v) is 5.54. The molecule has 0 aromatic heterocycles. The molecule has 0 bridgehead atoms. The van der Waals surface area contributed by atoms with E-state index in [0.29, 0.717) is 13.1 Å². The van der Waals surface area contributed by atoms with E-state index in [9.17, 15) is 9.59 Å². The van der Waals surface area contributed by atoms with Crippen LogP contribution in [0.4, 0.5) is 0 Å². The molecule has 2 aliphatic rings. The van der Waals surface area contributed by atoms with E-state index in [1.54, 1.807) is 0 Å². The molecule has 5 heteroatoms. The Hall–Kier alpha value is -1.10. The van der Waals surface area contributed by atoms with Crippen LogP contribution in [0.3, 0.4) is 0 Å². The summed E-state index contributed by atoms with van der Waals surface area (Å²) in [5, 5.41) is 5.65. The lowest BCUT2D eigenvalue weighted by molar-refractivity contribution is -0.128. The first kappa shape index (κ1) is 13.3. The summed E-state index contributed by atoms with van der Waals surface area (Å²) in [7, 11) is 0. The quantitative estimate of drug-likeness (QED) is 0.616. The van der Waals surface area contributed by atoms with Gasteiger partial charge < -0.3 is 16.4 Å². The summed E-state index contributed by atoms with van der Waals surface area (Å²) in [6.07, 6.45) is 6.78. The summed E-state index contributed by atoms with van der Waals surface area (Å²) in [5.41, 5.74) is 5.42. The maximum Gasteiger partial charge on any atom is 0.240 e. The fourth-order valence-electron chi connectivity index (χ4n) is 2.44. The van der Waals surface area contributed by atoms with Gasteiger partial charge in [0.2, 0.25) is 11.8 Å². The number of amides is 2. The van der Waals surface area contributed by atoms with Crippen LogP contribution in [0, 0.1) is 5.92 Å². The maximum atomic E-state index is 12.0. The van der Waals surface area contributed by atoms with Gasteiger partial charge in [0.15, 0.2) is 0 Å². The molecule has 2 aliphatic carbocycles. The van der Waals surface area contributed by atoms with Crippen LogP contribution < -0.4 is 16.4 Å². The van der Waals surface area contributed by atoms with Gasteiger partial charge in [-0.3, -0.25) is 9.59 Å². The van der Waals surface area contributed by atoms with Crippen molar-refractivity contribution in [3.05, 3.63) is 0 Å². The highest BCUT2D eigenvalue weighted by molar-refractivity contribution is 5.86. The van der Waals surface area contributed by atoms with E-state index in [0.717, 1.165) is 38.5 Å². The molecule has 0 aromatic carbocycles. The molecule has 0 radical (unpaired) electrons. The van der Waals surface area contributed by atoms with Crippen LogP contribution in [0.5, 0.6) is 0 Å². The zero-order valence-corrected chi connectivity index (χ0v) is 10.8. The van der Waals surface area contributed by atoms with Crippen molar-refractivity contribution in [2.45, 2.75) is 50.5 Å². The van der Waals surface area contributed by atoms with Gasteiger partial charge in [-0.05, 0) is 25.7 Å². The lowest BCUT2D eigenvalue weighted by Gasteiger charge is -2.31. The number of nitrogens with one attached hydrogen (secondary N) is 2. The second kappa shape index (κ2) is 5.69. The van der Waals surface area contributed by atoms with Crippen LogP contribution in [-0.4, -0.2) is 30.4 Å². The second-order valence-electron chi connectivity index (χ2n) is 5.54. The van der Waals surface area contributed by atoms with Crippen molar-refractivity contribution in [3.63, 3.8) is 0 Å². The van der Waals surface area contributed by atoms with Crippen molar-refractivity contribution < 1.29 is 9.59 Å². The minimum Gasteiger partial charge on any atom is -0.354 e. The Morgan fingerprint density at radius 3 is 2.28 bits per heavy atom. The number of nitrogens with two attached hydrogens (primary N) is 1. The molecule has 2 fully saturated rings. The third-order valence-corrected chi connectivity index (χ3v) is 3.86. The molecule has 2 saturated carbocycles. The molecule has 5 nitrogen and oxygen atoms in total. The number of carbonyl (C=O) groups is 2. The summed E-state index contributed by atoms with van der Waals surface area (Å²) in [5.74, 6) is 0.271. The minimum absolute atomic E-state index is 0.0668. The number of hydrogen-bond donors (Lipinski definition) is 3. The average molecular weight is 253 g/mol. The molecule has 18 heavy (non-hydrogen) atoms.